The van der Waals surface area contributed by atoms with Crippen molar-refractivity contribution in [2.75, 3.05) is 18.8 Å². The summed E-state index contributed by atoms with van der Waals surface area (Å²) in [6.45, 7) is 6.84. The van der Waals surface area contributed by atoms with Crippen molar-refractivity contribution in [2.45, 2.75) is 27.2 Å². The van der Waals surface area contributed by atoms with Crippen LogP contribution in [-0.2, 0) is 10.0 Å². The van der Waals surface area contributed by atoms with E-state index in [9.17, 15) is 13.2 Å². The first-order chi connectivity index (χ1) is 11.6. The van der Waals surface area contributed by atoms with E-state index in [4.69, 9.17) is 5.14 Å². The van der Waals surface area contributed by atoms with Gasteiger partial charge in [-0.05, 0) is 56.4 Å². The molecule has 1 aromatic heterocycles. The number of fused-ring (bicyclic) bond motifs is 1. The number of hydrogen-bond acceptors (Lipinski definition) is 4. The highest BCUT2D eigenvalue weighted by Crippen LogP contribution is 2.27. The number of rotatable bonds is 3. The third-order valence-corrected chi connectivity index (χ3v) is 5.59. The lowest BCUT2D eigenvalue weighted by molar-refractivity contribution is 0.0790. The minimum Gasteiger partial charge on any atom is -0.338 e. The molecule has 0 aliphatic carbocycles. The van der Waals surface area contributed by atoms with Gasteiger partial charge in [0.05, 0.1) is 16.8 Å². The molecule has 1 saturated heterocycles. The third kappa shape index (κ3) is 3.82. The van der Waals surface area contributed by atoms with Gasteiger partial charge in [0.1, 0.15) is 0 Å². The van der Waals surface area contributed by atoms with E-state index in [1.807, 2.05) is 39.0 Å². The molecule has 2 aromatic rings. The topological polar surface area (TPSA) is 93.4 Å². The lowest BCUT2D eigenvalue weighted by atomic mass is 10.00. The van der Waals surface area contributed by atoms with E-state index in [-0.39, 0.29) is 17.6 Å². The van der Waals surface area contributed by atoms with E-state index in [1.165, 1.54) is 0 Å². The van der Waals surface area contributed by atoms with Gasteiger partial charge in [-0.3, -0.25) is 9.78 Å². The second-order valence-electron chi connectivity index (χ2n) is 7.02. The van der Waals surface area contributed by atoms with Crippen molar-refractivity contribution < 1.29 is 13.2 Å². The van der Waals surface area contributed by atoms with Crippen LogP contribution in [0.2, 0.25) is 0 Å². The van der Waals surface area contributed by atoms with Crippen LogP contribution in [0.3, 0.4) is 0 Å². The highest BCUT2D eigenvalue weighted by Gasteiger charge is 2.30. The average Bonchev–Trinajstić information content (AvgIpc) is 2.91. The van der Waals surface area contributed by atoms with Crippen LogP contribution in [0.4, 0.5) is 0 Å². The Hall–Kier alpha value is -1.99. The van der Waals surface area contributed by atoms with Gasteiger partial charge >= 0.3 is 0 Å². The van der Waals surface area contributed by atoms with Crippen molar-refractivity contribution in [3.05, 3.63) is 40.6 Å². The second-order valence-corrected chi connectivity index (χ2v) is 8.68. The first-order valence-electron chi connectivity index (χ1n) is 8.32. The van der Waals surface area contributed by atoms with Crippen LogP contribution < -0.4 is 5.14 Å². The zero-order valence-corrected chi connectivity index (χ0v) is 15.6. The third-order valence-electron chi connectivity index (χ3n) is 4.65. The van der Waals surface area contributed by atoms with Crippen LogP contribution in [0.25, 0.3) is 10.9 Å². The van der Waals surface area contributed by atoms with Crippen molar-refractivity contribution in [1.82, 2.24) is 9.88 Å². The standard InChI is InChI=1S/C18H23N3O3S/c1-11-6-12(2)17-15(8-13(3)20-16(17)7-11)18(22)21-5-4-14(9-21)10-25(19,23)24/h6-8,14H,4-5,9-10H2,1-3H3,(H2,19,23,24)/t14-/m0/s1. The van der Waals surface area contributed by atoms with Crippen LogP contribution in [0.15, 0.2) is 18.2 Å². The van der Waals surface area contributed by atoms with Crippen LogP contribution in [0.5, 0.6) is 0 Å². The summed E-state index contributed by atoms with van der Waals surface area (Å²) < 4.78 is 22.6. The number of aryl methyl sites for hydroxylation is 3. The van der Waals surface area contributed by atoms with Gasteiger partial charge in [-0.1, -0.05) is 6.07 Å². The summed E-state index contributed by atoms with van der Waals surface area (Å²) in [5, 5.41) is 6.01. The first-order valence-corrected chi connectivity index (χ1v) is 10.0. The molecule has 7 heteroatoms. The van der Waals surface area contributed by atoms with Crippen molar-refractivity contribution in [2.24, 2.45) is 11.1 Å². The Bertz CT molecular complexity index is 948. The molecule has 6 nitrogen and oxygen atoms in total. The van der Waals surface area contributed by atoms with E-state index in [0.717, 1.165) is 27.7 Å². The zero-order valence-electron chi connectivity index (χ0n) is 14.7. The smallest absolute Gasteiger partial charge is 0.254 e. The Balaban J connectivity index is 1.96. The number of carbonyl (C=O) groups is 1. The molecule has 3 rings (SSSR count). The monoisotopic (exact) mass is 361 g/mol. The lowest BCUT2D eigenvalue weighted by Gasteiger charge is -2.19. The van der Waals surface area contributed by atoms with E-state index in [1.54, 1.807) is 4.90 Å². The van der Waals surface area contributed by atoms with E-state index in [2.05, 4.69) is 4.98 Å². The molecule has 0 bridgehead atoms. The Morgan fingerprint density at radius 3 is 2.68 bits per heavy atom. The van der Waals surface area contributed by atoms with Gasteiger partial charge in [0, 0.05) is 24.2 Å². The van der Waals surface area contributed by atoms with Crippen molar-refractivity contribution in [1.29, 1.82) is 0 Å². The summed E-state index contributed by atoms with van der Waals surface area (Å²) in [7, 11) is -3.52. The maximum atomic E-state index is 13.1. The molecule has 1 aliphatic heterocycles. The molecule has 1 aliphatic rings. The SMILES string of the molecule is Cc1cc(C)c2c(C(=O)N3CC[C@H](CS(N)(=O)=O)C3)cc(C)nc2c1. The summed E-state index contributed by atoms with van der Waals surface area (Å²) in [6, 6.07) is 5.85. The number of likely N-dealkylation sites (tertiary alicyclic amines) is 1. The summed E-state index contributed by atoms with van der Waals surface area (Å²) in [6.07, 6.45) is 0.655. The molecule has 1 fully saturated rings. The first kappa shape index (κ1) is 17.8. The van der Waals surface area contributed by atoms with Crippen molar-refractivity contribution >= 4 is 26.8 Å². The maximum Gasteiger partial charge on any atom is 0.254 e. The summed E-state index contributed by atoms with van der Waals surface area (Å²) in [4.78, 5) is 19.4. The number of sulfonamides is 1. The molecule has 1 aromatic carbocycles. The van der Waals surface area contributed by atoms with Gasteiger partial charge in [0.15, 0.2) is 0 Å². The number of pyridine rings is 1. The average molecular weight is 361 g/mol. The van der Waals surface area contributed by atoms with Crippen LogP contribution in [0.1, 0.15) is 33.6 Å². The minimum atomic E-state index is -3.52. The number of hydrogen-bond donors (Lipinski definition) is 1. The van der Waals surface area contributed by atoms with Crippen molar-refractivity contribution in [3.63, 3.8) is 0 Å². The molecular weight excluding hydrogens is 338 g/mol. The highest BCUT2D eigenvalue weighted by atomic mass is 32.2. The number of aromatic nitrogens is 1. The number of nitrogens with two attached hydrogens (primary N) is 1. The molecule has 2 N–H and O–H groups in total. The van der Waals surface area contributed by atoms with Crippen LogP contribution in [-0.4, -0.2) is 43.1 Å². The van der Waals surface area contributed by atoms with Gasteiger partial charge in [0.25, 0.3) is 5.91 Å². The summed E-state index contributed by atoms with van der Waals surface area (Å²) in [5.41, 5.74) is 4.38. The van der Waals surface area contributed by atoms with Gasteiger partial charge in [-0.25, -0.2) is 13.6 Å². The fourth-order valence-electron chi connectivity index (χ4n) is 3.71. The largest absolute Gasteiger partial charge is 0.338 e. The normalized spacial score (nSPS) is 18.1. The van der Waals surface area contributed by atoms with Crippen LogP contribution >= 0.6 is 0 Å². The molecule has 0 spiro atoms. The van der Waals surface area contributed by atoms with Crippen molar-refractivity contribution in [3.8, 4) is 0 Å². The molecule has 2 heterocycles. The van der Waals surface area contributed by atoms with Crippen LogP contribution in [0, 0.1) is 26.7 Å². The quantitative estimate of drug-likeness (QED) is 0.904. The molecule has 0 saturated carbocycles. The Labute approximate surface area is 148 Å². The molecule has 0 unspecified atom stereocenters. The van der Waals surface area contributed by atoms with Gasteiger partial charge in [-0.15, -0.1) is 0 Å². The molecule has 1 atom stereocenters. The zero-order chi connectivity index (χ0) is 18.4. The number of amides is 1. The Kier molecular flexibility index (Phi) is 4.55. The summed E-state index contributed by atoms with van der Waals surface area (Å²) in [5.74, 6) is -0.249. The fraction of sp³-hybridized carbons (Fsp3) is 0.444. The molecule has 1 amide bonds. The maximum absolute atomic E-state index is 13.1. The van der Waals surface area contributed by atoms with E-state index in [0.29, 0.717) is 25.1 Å². The lowest BCUT2D eigenvalue weighted by Crippen LogP contribution is -2.31. The Morgan fingerprint density at radius 1 is 1.28 bits per heavy atom. The number of primary sulfonamides is 1. The predicted octanol–water partition coefficient (Wildman–Crippen LogP) is 1.91. The minimum absolute atomic E-state index is 0.0700. The molecule has 134 valence electrons. The number of nitrogens with zero attached hydrogens (tertiary/aromatic N) is 2. The fourth-order valence-corrected chi connectivity index (χ4v) is 4.64. The molecule has 0 radical (unpaired) electrons. The Morgan fingerprint density at radius 2 is 2.00 bits per heavy atom. The predicted molar refractivity (Wildman–Crippen MR) is 97.9 cm³/mol. The second kappa shape index (κ2) is 6.38. The van der Waals surface area contributed by atoms with E-state index < -0.39 is 10.0 Å². The van der Waals surface area contributed by atoms with Gasteiger partial charge in [-0.2, -0.15) is 0 Å². The number of carbonyl (C=O) groups excluding carboxylic acids is 1. The number of benzene rings is 1. The van der Waals surface area contributed by atoms with E-state index >= 15 is 0 Å². The van der Waals surface area contributed by atoms with Gasteiger partial charge < -0.3 is 4.90 Å². The molecular formula is C18H23N3O3S. The highest BCUT2D eigenvalue weighted by molar-refractivity contribution is 7.89. The molecule has 25 heavy (non-hydrogen) atoms. The van der Waals surface area contributed by atoms with Gasteiger partial charge in [0.2, 0.25) is 10.0 Å². The summed E-state index contributed by atoms with van der Waals surface area (Å²) >= 11 is 0.